The molecule has 0 saturated heterocycles. The average Bonchev–Trinajstić information content (AvgIpc) is 1.78. The third-order valence-electron chi connectivity index (χ3n) is 1.78. The molecule has 2 nitrogen and oxygen atoms in total. The van der Waals surface area contributed by atoms with E-state index in [4.69, 9.17) is 0 Å². The van der Waals surface area contributed by atoms with Gasteiger partial charge in [0.2, 0.25) is 0 Å². The normalized spacial score (nSPS) is 13.2. The van der Waals surface area contributed by atoms with Crippen molar-refractivity contribution in [3.8, 4) is 0 Å². The minimum Gasteiger partial charge on any atom is -0.383 e. The fraction of sp³-hybridized carbons (Fsp3) is 0.900. The quantitative estimate of drug-likeness (QED) is 0.708. The van der Waals surface area contributed by atoms with Crippen LogP contribution in [0.3, 0.4) is 0 Å². The molecule has 0 heterocycles. The zero-order valence-corrected chi connectivity index (χ0v) is 8.77. The number of aliphatic hydroxyl groups is 1. The smallest absolute Gasteiger partial charge is 0.163 e. The Hall–Kier alpha value is -0.370. The molecule has 72 valence electrons. The van der Waals surface area contributed by atoms with Crippen molar-refractivity contribution in [2.45, 2.75) is 53.1 Å². The summed E-state index contributed by atoms with van der Waals surface area (Å²) in [6, 6.07) is 0. The molecule has 0 radical (unpaired) electrons. The highest BCUT2D eigenvalue weighted by Gasteiger charge is 2.24. The van der Waals surface area contributed by atoms with Crippen LogP contribution in [0.2, 0.25) is 0 Å². The molecule has 0 aromatic carbocycles. The van der Waals surface area contributed by atoms with Crippen molar-refractivity contribution < 1.29 is 9.90 Å². The largest absolute Gasteiger partial charge is 0.383 e. The van der Waals surface area contributed by atoms with E-state index in [1.165, 1.54) is 13.8 Å². The molecule has 0 rings (SSSR count). The zero-order chi connectivity index (χ0) is 9.99. The van der Waals surface area contributed by atoms with Crippen molar-refractivity contribution in [1.29, 1.82) is 0 Å². The highest BCUT2D eigenvalue weighted by molar-refractivity contribution is 5.86. The lowest BCUT2D eigenvalue weighted by Crippen LogP contribution is -2.31. The Kier molecular flexibility index (Phi) is 3.45. The Labute approximate surface area is 75.0 Å². The molecule has 0 unspecified atom stereocenters. The summed E-state index contributed by atoms with van der Waals surface area (Å²) in [5.41, 5.74) is -0.994. The van der Waals surface area contributed by atoms with Crippen molar-refractivity contribution >= 4 is 5.78 Å². The maximum absolute atomic E-state index is 11.3. The Bertz CT molecular complexity index is 158. The molecule has 1 N–H and O–H groups in total. The fourth-order valence-corrected chi connectivity index (χ4v) is 0.794. The van der Waals surface area contributed by atoms with Gasteiger partial charge in [-0.3, -0.25) is 4.79 Å². The van der Waals surface area contributed by atoms with Crippen LogP contribution in [0.15, 0.2) is 0 Å². The van der Waals surface area contributed by atoms with Gasteiger partial charge in [0.1, 0.15) is 5.60 Å². The predicted octanol–water partition coefficient (Wildman–Crippen LogP) is 2.15. The molecule has 0 aliphatic rings. The molecule has 0 atom stereocenters. The van der Waals surface area contributed by atoms with Crippen LogP contribution >= 0.6 is 0 Å². The highest BCUT2D eigenvalue weighted by atomic mass is 16.3. The summed E-state index contributed by atoms with van der Waals surface area (Å²) < 4.78 is 0. The molecule has 0 saturated carbocycles. The first kappa shape index (κ1) is 11.6. The lowest BCUT2D eigenvalue weighted by molar-refractivity contribution is -0.134. The minimum absolute atomic E-state index is 0.0718. The summed E-state index contributed by atoms with van der Waals surface area (Å²) >= 11 is 0. The molecule has 0 amide bonds. The summed E-state index contributed by atoms with van der Waals surface area (Å²) in [5, 5.41) is 9.33. The Balaban J connectivity index is 3.90. The van der Waals surface area contributed by atoms with Crippen LogP contribution in [0.1, 0.15) is 47.5 Å². The molecule has 0 bridgehead atoms. The van der Waals surface area contributed by atoms with Gasteiger partial charge in [0.25, 0.3) is 0 Å². The van der Waals surface area contributed by atoms with E-state index in [-0.39, 0.29) is 11.2 Å². The number of ketones is 1. The van der Waals surface area contributed by atoms with Gasteiger partial charge in [-0.15, -0.1) is 0 Å². The van der Waals surface area contributed by atoms with E-state index in [0.717, 1.165) is 6.42 Å². The third-order valence-corrected chi connectivity index (χ3v) is 1.78. The van der Waals surface area contributed by atoms with Crippen molar-refractivity contribution in [1.82, 2.24) is 0 Å². The highest BCUT2D eigenvalue weighted by Crippen LogP contribution is 2.22. The van der Waals surface area contributed by atoms with E-state index in [9.17, 15) is 9.90 Å². The summed E-state index contributed by atoms with van der Waals surface area (Å²) in [6.45, 7) is 9.34. The van der Waals surface area contributed by atoms with E-state index >= 15 is 0 Å². The monoisotopic (exact) mass is 172 g/mol. The standard InChI is InChI=1S/C10H20O2/c1-9(2,3)7-6-8(11)10(4,5)12/h12H,6-7H2,1-5H3. The van der Waals surface area contributed by atoms with Crippen LogP contribution in [-0.2, 0) is 4.79 Å². The van der Waals surface area contributed by atoms with Gasteiger partial charge in [-0.1, -0.05) is 20.8 Å². The number of carbonyl (C=O) groups excluding carboxylic acids is 1. The van der Waals surface area contributed by atoms with Crippen molar-refractivity contribution in [3.05, 3.63) is 0 Å². The second kappa shape index (κ2) is 3.56. The van der Waals surface area contributed by atoms with Crippen molar-refractivity contribution in [2.24, 2.45) is 5.41 Å². The van der Waals surface area contributed by atoms with Crippen LogP contribution in [-0.4, -0.2) is 16.5 Å². The predicted molar refractivity (Wildman–Crippen MR) is 50.0 cm³/mol. The molecule has 0 fully saturated rings. The lowest BCUT2D eigenvalue weighted by atomic mass is 9.87. The van der Waals surface area contributed by atoms with Crippen molar-refractivity contribution in [2.75, 3.05) is 0 Å². The summed E-state index contributed by atoms with van der Waals surface area (Å²) in [5.74, 6) is -0.0718. The first-order chi connectivity index (χ1) is 5.13. The molecule has 2 heteroatoms. The van der Waals surface area contributed by atoms with E-state index < -0.39 is 5.60 Å². The minimum atomic E-state index is -1.16. The van der Waals surface area contributed by atoms with Crippen LogP contribution < -0.4 is 0 Å². The van der Waals surface area contributed by atoms with Gasteiger partial charge in [-0.05, 0) is 25.7 Å². The van der Waals surface area contributed by atoms with Crippen LogP contribution in [0.25, 0.3) is 0 Å². The van der Waals surface area contributed by atoms with Crippen LogP contribution in [0.5, 0.6) is 0 Å². The zero-order valence-electron chi connectivity index (χ0n) is 8.77. The number of rotatable bonds is 3. The van der Waals surface area contributed by atoms with Crippen LogP contribution in [0, 0.1) is 5.41 Å². The molecule has 0 aliphatic carbocycles. The second-order valence-corrected chi connectivity index (χ2v) is 5.04. The number of hydrogen-bond acceptors (Lipinski definition) is 2. The van der Waals surface area contributed by atoms with Gasteiger partial charge in [0, 0.05) is 6.42 Å². The van der Waals surface area contributed by atoms with E-state index in [0.29, 0.717) is 6.42 Å². The topological polar surface area (TPSA) is 37.3 Å². The van der Waals surface area contributed by atoms with Gasteiger partial charge < -0.3 is 5.11 Å². The molecular formula is C10H20O2. The van der Waals surface area contributed by atoms with Crippen LogP contribution in [0.4, 0.5) is 0 Å². The summed E-state index contributed by atoms with van der Waals surface area (Å²) in [4.78, 5) is 11.3. The lowest BCUT2D eigenvalue weighted by Gasteiger charge is -2.20. The molecule has 0 aromatic heterocycles. The first-order valence-electron chi connectivity index (χ1n) is 4.38. The van der Waals surface area contributed by atoms with E-state index in [1.807, 2.05) is 0 Å². The summed E-state index contributed by atoms with van der Waals surface area (Å²) in [6.07, 6.45) is 1.29. The fourth-order valence-electron chi connectivity index (χ4n) is 0.794. The Morgan fingerprint density at radius 3 is 1.83 bits per heavy atom. The van der Waals surface area contributed by atoms with Gasteiger partial charge >= 0.3 is 0 Å². The molecule has 0 aromatic rings. The first-order valence-corrected chi connectivity index (χ1v) is 4.38. The maximum Gasteiger partial charge on any atom is 0.163 e. The van der Waals surface area contributed by atoms with Gasteiger partial charge in [-0.25, -0.2) is 0 Å². The van der Waals surface area contributed by atoms with E-state index in [2.05, 4.69) is 20.8 Å². The Morgan fingerprint density at radius 1 is 1.17 bits per heavy atom. The molecule has 12 heavy (non-hydrogen) atoms. The SMILES string of the molecule is CC(C)(C)CCC(=O)C(C)(C)O. The number of hydrogen-bond donors (Lipinski definition) is 1. The second-order valence-electron chi connectivity index (χ2n) is 5.04. The van der Waals surface area contributed by atoms with Gasteiger partial charge in [-0.2, -0.15) is 0 Å². The van der Waals surface area contributed by atoms with Gasteiger partial charge in [0.05, 0.1) is 0 Å². The average molecular weight is 172 g/mol. The Morgan fingerprint density at radius 2 is 1.58 bits per heavy atom. The molecular weight excluding hydrogens is 152 g/mol. The number of Topliss-reactive ketones (excluding diaryl/α,β-unsaturated/α-hetero) is 1. The number of carbonyl (C=O) groups is 1. The third kappa shape index (κ3) is 5.30. The molecule has 0 spiro atoms. The molecule has 0 aliphatic heterocycles. The summed E-state index contributed by atoms with van der Waals surface area (Å²) in [7, 11) is 0. The van der Waals surface area contributed by atoms with Gasteiger partial charge in [0.15, 0.2) is 5.78 Å². The maximum atomic E-state index is 11.3. The van der Waals surface area contributed by atoms with Crippen molar-refractivity contribution in [3.63, 3.8) is 0 Å². The van der Waals surface area contributed by atoms with E-state index in [1.54, 1.807) is 0 Å².